The fourth-order valence-electron chi connectivity index (χ4n) is 1.60. The maximum absolute atomic E-state index is 11.2. The van der Waals surface area contributed by atoms with Crippen molar-refractivity contribution < 1.29 is 14.3 Å². The van der Waals surface area contributed by atoms with Gasteiger partial charge in [0.05, 0.1) is 32.0 Å². The molecule has 0 bridgehead atoms. The molecule has 0 atom stereocenters. The van der Waals surface area contributed by atoms with Crippen LogP contribution in [-0.2, 0) is 16.0 Å². The van der Waals surface area contributed by atoms with Crippen molar-refractivity contribution in [2.24, 2.45) is 0 Å². The lowest BCUT2D eigenvalue weighted by atomic mass is 10.2. The lowest BCUT2D eigenvalue weighted by molar-refractivity contribution is -0.139. The number of anilines is 3. The van der Waals surface area contributed by atoms with E-state index < -0.39 is 0 Å². The van der Waals surface area contributed by atoms with Crippen molar-refractivity contribution in [2.75, 3.05) is 25.3 Å². The van der Waals surface area contributed by atoms with E-state index in [4.69, 9.17) is 10.5 Å². The zero-order chi connectivity index (χ0) is 14.5. The quantitative estimate of drug-likeness (QED) is 0.649. The predicted molar refractivity (Wildman–Crippen MR) is 78.5 cm³/mol. The van der Waals surface area contributed by atoms with E-state index in [1.165, 1.54) is 18.4 Å². The maximum Gasteiger partial charge on any atom is 0.311 e. The third kappa shape index (κ3) is 3.39. The number of methoxy groups -OCH3 is 2. The summed E-state index contributed by atoms with van der Waals surface area (Å²) in [7, 11) is 2.92. The molecule has 7 heteroatoms. The van der Waals surface area contributed by atoms with Gasteiger partial charge in [-0.15, -0.1) is 11.3 Å². The van der Waals surface area contributed by atoms with Gasteiger partial charge in [-0.05, 0) is 18.2 Å². The molecule has 0 saturated carbocycles. The van der Waals surface area contributed by atoms with Crippen molar-refractivity contribution in [2.45, 2.75) is 6.42 Å². The summed E-state index contributed by atoms with van der Waals surface area (Å²) in [6.45, 7) is 0. The molecule has 0 aliphatic rings. The Balaban J connectivity index is 2.06. The number of ether oxygens (including phenoxy) is 2. The maximum atomic E-state index is 11.2. The summed E-state index contributed by atoms with van der Waals surface area (Å²) in [4.78, 5) is 15.5. The van der Waals surface area contributed by atoms with Crippen LogP contribution in [-0.4, -0.2) is 25.2 Å². The Hall–Kier alpha value is -2.28. The molecule has 0 aliphatic carbocycles. The zero-order valence-corrected chi connectivity index (χ0v) is 12.0. The molecule has 0 unspecified atom stereocenters. The van der Waals surface area contributed by atoms with Crippen molar-refractivity contribution in [1.82, 2.24) is 4.98 Å². The highest BCUT2D eigenvalue weighted by atomic mass is 32.1. The first kappa shape index (κ1) is 14.1. The molecule has 2 aromatic rings. The van der Waals surface area contributed by atoms with Crippen LogP contribution >= 0.6 is 11.3 Å². The van der Waals surface area contributed by atoms with Crippen LogP contribution in [0, 0.1) is 0 Å². The van der Waals surface area contributed by atoms with Crippen molar-refractivity contribution in [3.63, 3.8) is 0 Å². The highest BCUT2D eigenvalue weighted by Crippen LogP contribution is 2.27. The topological polar surface area (TPSA) is 86.5 Å². The third-order valence-electron chi connectivity index (χ3n) is 2.59. The predicted octanol–water partition coefficient (Wildman–Crippen LogP) is 2.19. The Bertz CT molecular complexity index is 613. The van der Waals surface area contributed by atoms with Crippen molar-refractivity contribution in [3.05, 3.63) is 29.3 Å². The number of thiazole rings is 1. The molecule has 0 fully saturated rings. The fourth-order valence-corrected chi connectivity index (χ4v) is 2.33. The monoisotopic (exact) mass is 293 g/mol. The average molecular weight is 293 g/mol. The molecule has 0 spiro atoms. The van der Waals surface area contributed by atoms with Crippen LogP contribution in [0.25, 0.3) is 0 Å². The molecule has 1 heterocycles. The number of hydrogen-bond donors (Lipinski definition) is 2. The molecule has 6 nitrogen and oxygen atoms in total. The first-order valence-electron chi connectivity index (χ1n) is 5.84. The highest BCUT2D eigenvalue weighted by Gasteiger charge is 2.08. The summed E-state index contributed by atoms with van der Waals surface area (Å²) in [5, 5.41) is 5.63. The van der Waals surface area contributed by atoms with Crippen LogP contribution in [0.5, 0.6) is 5.75 Å². The Labute approximate surface area is 120 Å². The summed E-state index contributed by atoms with van der Waals surface area (Å²) in [6, 6.07) is 5.39. The van der Waals surface area contributed by atoms with Crippen LogP contribution in [0.3, 0.4) is 0 Å². The third-order valence-corrected chi connectivity index (χ3v) is 3.39. The summed E-state index contributed by atoms with van der Waals surface area (Å²) in [5.41, 5.74) is 7.86. The van der Waals surface area contributed by atoms with E-state index in [-0.39, 0.29) is 12.4 Å². The molecule has 0 aliphatic heterocycles. The number of nitrogen functional groups attached to an aromatic ring is 1. The molecular formula is C13H15N3O3S. The Morgan fingerprint density at radius 2 is 2.25 bits per heavy atom. The van der Waals surface area contributed by atoms with Crippen molar-refractivity contribution in [3.8, 4) is 5.75 Å². The number of benzene rings is 1. The van der Waals surface area contributed by atoms with Gasteiger partial charge in [0.15, 0.2) is 5.13 Å². The number of rotatable bonds is 5. The number of carbonyl (C=O) groups is 1. The zero-order valence-electron chi connectivity index (χ0n) is 11.2. The van der Waals surface area contributed by atoms with Crippen LogP contribution < -0.4 is 15.8 Å². The van der Waals surface area contributed by atoms with E-state index in [9.17, 15) is 4.79 Å². The van der Waals surface area contributed by atoms with E-state index >= 15 is 0 Å². The van der Waals surface area contributed by atoms with E-state index in [2.05, 4.69) is 15.0 Å². The Morgan fingerprint density at radius 3 is 2.90 bits per heavy atom. The second kappa shape index (κ2) is 6.25. The van der Waals surface area contributed by atoms with Crippen LogP contribution in [0.4, 0.5) is 16.5 Å². The SMILES string of the molecule is COC(=O)Cc1csc(Nc2ccc(OC)c(N)c2)n1. The summed E-state index contributed by atoms with van der Waals surface area (Å²) >= 11 is 1.41. The van der Waals surface area contributed by atoms with Gasteiger partial charge in [0.1, 0.15) is 5.75 Å². The number of nitrogens with two attached hydrogens (primary N) is 1. The minimum atomic E-state index is -0.310. The van der Waals surface area contributed by atoms with Crippen LogP contribution in [0.1, 0.15) is 5.69 Å². The fraction of sp³-hybridized carbons (Fsp3) is 0.231. The lowest BCUT2D eigenvalue weighted by Gasteiger charge is -2.07. The average Bonchev–Trinajstić information content (AvgIpc) is 2.86. The molecule has 106 valence electrons. The smallest absolute Gasteiger partial charge is 0.311 e. The first-order valence-corrected chi connectivity index (χ1v) is 6.72. The summed E-state index contributed by atoms with van der Waals surface area (Å²) < 4.78 is 9.69. The molecule has 0 radical (unpaired) electrons. The first-order chi connectivity index (χ1) is 9.62. The van der Waals surface area contributed by atoms with Gasteiger partial charge in [0.2, 0.25) is 0 Å². The Morgan fingerprint density at radius 1 is 1.45 bits per heavy atom. The van der Waals surface area contributed by atoms with Crippen LogP contribution in [0.2, 0.25) is 0 Å². The number of hydrogen-bond acceptors (Lipinski definition) is 7. The molecular weight excluding hydrogens is 278 g/mol. The summed E-state index contributed by atoms with van der Waals surface area (Å²) in [6.07, 6.45) is 0.166. The lowest BCUT2D eigenvalue weighted by Crippen LogP contribution is -2.04. The Kier molecular flexibility index (Phi) is 4.41. The van der Waals surface area contributed by atoms with Gasteiger partial charge in [-0.25, -0.2) is 4.98 Å². The van der Waals surface area contributed by atoms with Gasteiger partial charge in [-0.1, -0.05) is 0 Å². The molecule has 1 aromatic heterocycles. The number of aromatic nitrogens is 1. The molecule has 20 heavy (non-hydrogen) atoms. The van der Waals surface area contributed by atoms with E-state index in [1.54, 1.807) is 19.2 Å². The van der Waals surface area contributed by atoms with Gasteiger partial charge in [-0.2, -0.15) is 0 Å². The second-order valence-electron chi connectivity index (χ2n) is 3.98. The van der Waals surface area contributed by atoms with E-state index in [0.717, 1.165) is 5.69 Å². The molecule has 1 aromatic carbocycles. The minimum Gasteiger partial charge on any atom is -0.495 e. The number of carbonyl (C=O) groups excluding carboxylic acids is 1. The van der Waals surface area contributed by atoms with Gasteiger partial charge in [0, 0.05) is 11.1 Å². The van der Waals surface area contributed by atoms with E-state index in [0.29, 0.717) is 22.3 Å². The minimum absolute atomic E-state index is 0.166. The molecule has 0 saturated heterocycles. The molecule has 3 N–H and O–H groups in total. The normalized spacial score (nSPS) is 10.1. The largest absolute Gasteiger partial charge is 0.495 e. The van der Waals surface area contributed by atoms with Gasteiger partial charge >= 0.3 is 5.97 Å². The van der Waals surface area contributed by atoms with Crippen molar-refractivity contribution in [1.29, 1.82) is 0 Å². The van der Waals surface area contributed by atoms with Crippen molar-refractivity contribution >= 4 is 33.8 Å². The molecule has 2 rings (SSSR count). The van der Waals surface area contributed by atoms with Gasteiger partial charge in [-0.3, -0.25) is 4.79 Å². The van der Waals surface area contributed by atoms with Gasteiger partial charge < -0.3 is 20.5 Å². The second-order valence-corrected chi connectivity index (χ2v) is 4.84. The van der Waals surface area contributed by atoms with E-state index in [1.807, 2.05) is 11.4 Å². The van der Waals surface area contributed by atoms with Gasteiger partial charge in [0.25, 0.3) is 0 Å². The standard InChI is InChI=1S/C13H15N3O3S/c1-18-11-4-3-8(5-10(11)14)15-13-16-9(7-20-13)6-12(17)19-2/h3-5,7H,6,14H2,1-2H3,(H,15,16). The molecule has 0 amide bonds. The number of nitrogens with zero attached hydrogens (tertiary/aromatic N) is 1. The highest BCUT2D eigenvalue weighted by molar-refractivity contribution is 7.13. The van der Waals surface area contributed by atoms with Crippen LogP contribution in [0.15, 0.2) is 23.6 Å². The number of nitrogens with one attached hydrogen (secondary N) is 1. The number of esters is 1. The summed E-state index contributed by atoms with van der Waals surface area (Å²) in [5.74, 6) is 0.316.